The molecular formula is C14H15N3O2. The first-order chi connectivity index (χ1) is 9.10. The maximum Gasteiger partial charge on any atom is 0.354 e. The topological polar surface area (TPSA) is 75.1 Å². The number of carboxylic acid groups (broad SMARTS) is 1. The van der Waals surface area contributed by atoms with Crippen LogP contribution in [0.25, 0.3) is 0 Å². The number of benzene rings is 1. The van der Waals surface area contributed by atoms with Crippen LogP contribution < -0.4 is 5.32 Å². The predicted molar refractivity (Wildman–Crippen MR) is 72.8 cm³/mol. The molecule has 0 amide bonds. The largest absolute Gasteiger partial charge is 0.477 e. The SMILES string of the molecule is CCc1nc(Nc2ccccc2C)cc(C(=O)O)n1. The molecule has 5 nitrogen and oxygen atoms in total. The Morgan fingerprint density at radius 3 is 2.68 bits per heavy atom. The van der Waals surface area contributed by atoms with Crippen LogP contribution in [0.1, 0.15) is 28.8 Å². The average molecular weight is 257 g/mol. The molecule has 0 saturated carbocycles. The van der Waals surface area contributed by atoms with Crippen molar-refractivity contribution in [2.75, 3.05) is 5.32 Å². The smallest absolute Gasteiger partial charge is 0.354 e. The molecule has 2 aromatic rings. The van der Waals surface area contributed by atoms with E-state index in [1.807, 2.05) is 38.1 Å². The van der Waals surface area contributed by atoms with E-state index < -0.39 is 5.97 Å². The minimum absolute atomic E-state index is 0.00272. The van der Waals surface area contributed by atoms with E-state index in [9.17, 15) is 4.79 Å². The highest BCUT2D eigenvalue weighted by Crippen LogP contribution is 2.19. The van der Waals surface area contributed by atoms with Crippen molar-refractivity contribution in [3.05, 3.63) is 47.4 Å². The highest BCUT2D eigenvalue weighted by molar-refractivity contribution is 5.86. The number of rotatable bonds is 4. The molecule has 1 aromatic carbocycles. The van der Waals surface area contributed by atoms with Crippen molar-refractivity contribution in [1.29, 1.82) is 0 Å². The van der Waals surface area contributed by atoms with Crippen molar-refractivity contribution >= 4 is 17.5 Å². The zero-order valence-corrected chi connectivity index (χ0v) is 10.8. The van der Waals surface area contributed by atoms with Crippen molar-refractivity contribution in [3.63, 3.8) is 0 Å². The minimum atomic E-state index is -1.05. The van der Waals surface area contributed by atoms with Crippen LogP contribution >= 0.6 is 0 Å². The molecule has 0 spiro atoms. The highest BCUT2D eigenvalue weighted by atomic mass is 16.4. The van der Waals surface area contributed by atoms with Gasteiger partial charge < -0.3 is 10.4 Å². The summed E-state index contributed by atoms with van der Waals surface area (Å²) in [4.78, 5) is 19.3. The standard InChI is InChI=1S/C14H15N3O2/c1-3-12-16-11(14(18)19)8-13(17-12)15-10-7-5-4-6-9(10)2/h4-8H,3H2,1-2H3,(H,18,19)(H,15,16,17). The van der Waals surface area contributed by atoms with E-state index in [1.165, 1.54) is 6.07 Å². The van der Waals surface area contributed by atoms with E-state index in [0.29, 0.717) is 18.1 Å². The Balaban J connectivity index is 2.37. The summed E-state index contributed by atoms with van der Waals surface area (Å²) < 4.78 is 0. The third kappa shape index (κ3) is 3.07. The molecule has 5 heteroatoms. The molecule has 0 bridgehead atoms. The molecule has 0 aliphatic heterocycles. The Morgan fingerprint density at radius 2 is 2.05 bits per heavy atom. The molecule has 98 valence electrons. The summed E-state index contributed by atoms with van der Waals surface area (Å²) in [5, 5.41) is 12.2. The van der Waals surface area contributed by atoms with Gasteiger partial charge in [0.1, 0.15) is 11.6 Å². The average Bonchev–Trinajstić information content (AvgIpc) is 2.41. The second kappa shape index (κ2) is 5.48. The first-order valence-electron chi connectivity index (χ1n) is 6.04. The Hall–Kier alpha value is -2.43. The number of anilines is 2. The van der Waals surface area contributed by atoms with Gasteiger partial charge in [0.15, 0.2) is 5.69 Å². The molecule has 0 aliphatic rings. The summed E-state index contributed by atoms with van der Waals surface area (Å²) >= 11 is 0. The molecular weight excluding hydrogens is 242 g/mol. The quantitative estimate of drug-likeness (QED) is 0.880. The molecule has 2 N–H and O–H groups in total. The number of carboxylic acids is 1. The maximum absolute atomic E-state index is 11.0. The summed E-state index contributed by atoms with van der Waals surface area (Å²) in [6.07, 6.45) is 0.587. The van der Waals surface area contributed by atoms with Crippen molar-refractivity contribution < 1.29 is 9.90 Å². The fraction of sp³-hybridized carbons (Fsp3) is 0.214. The number of carbonyl (C=O) groups is 1. The first-order valence-corrected chi connectivity index (χ1v) is 6.04. The van der Waals surface area contributed by atoms with Gasteiger partial charge in [-0.15, -0.1) is 0 Å². The van der Waals surface area contributed by atoms with Gasteiger partial charge in [-0.2, -0.15) is 0 Å². The van der Waals surface area contributed by atoms with Gasteiger partial charge >= 0.3 is 5.97 Å². The molecule has 0 radical (unpaired) electrons. The summed E-state index contributed by atoms with van der Waals surface area (Å²) in [6.45, 7) is 3.86. The molecule has 1 aromatic heterocycles. The van der Waals surface area contributed by atoms with Gasteiger partial charge in [0, 0.05) is 18.2 Å². The van der Waals surface area contributed by atoms with Crippen molar-refractivity contribution in [3.8, 4) is 0 Å². The number of hydrogen-bond donors (Lipinski definition) is 2. The normalized spacial score (nSPS) is 10.2. The van der Waals surface area contributed by atoms with Gasteiger partial charge in [-0.3, -0.25) is 0 Å². The number of aryl methyl sites for hydroxylation is 2. The lowest BCUT2D eigenvalue weighted by molar-refractivity contribution is 0.0690. The minimum Gasteiger partial charge on any atom is -0.477 e. The summed E-state index contributed by atoms with van der Waals surface area (Å²) in [5.74, 6) is -0.0422. The second-order valence-electron chi connectivity index (χ2n) is 4.15. The summed E-state index contributed by atoms with van der Waals surface area (Å²) in [6, 6.07) is 9.19. The number of hydrogen-bond acceptors (Lipinski definition) is 4. The molecule has 19 heavy (non-hydrogen) atoms. The Bertz CT molecular complexity index is 611. The van der Waals surface area contributed by atoms with Crippen LogP contribution in [-0.4, -0.2) is 21.0 Å². The monoisotopic (exact) mass is 257 g/mol. The van der Waals surface area contributed by atoms with E-state index in [-0.39, 0.29) is 5.69 Å². The zero-order chi connectivity index (χ0) is 13.8. The van der Waals surface area contributed by atoms with Gasteiger partial charge in [-0.05, 0) is 18.6 Å². The Morgan fingerprint density at radius 1 is 1.32 bits per heavy atom. The fourth-order valence-corrected chi connectivity index (χ4v) is 1.68. The molecule has 0 saturated heterocycles. The molecule has 0 atom stereocenters. The third-order valence-corrected chi connectivity index (χ3v) is 2.72. The first kappa shape index (κ1) is 13.0. The van der Waals surface area contributed by atoms with E-state index in [0.717, 1.165) is 11.3 Å². The number of aromatic nitrogens is 2. The highest BCUT2D eigenvalue weighted by Gasteiger charge is 2.10. The third-order valence-electron chi connectivity index (χ3n) is 2.72. The van der Waals surface area contributed by atoms with Crippen LogP contribution in [0.5, 0.6) is 0 Å². The van der Waals surface area contributed by atoms with Gasteiger partial charge in [0.25, 0.3) is 0 Å². The van der Waals surface area contributed by atoms with Gasteiger partial charge in [0.05, 0.1) is 0 Å². The lowest BCUT2D eigenvalue weighted by atomic mass is 10.2. The van der Waals surface area contributed by atoms with Crippen molar-refractivity contribution in [1.82, 2.24) is 9.97 Å². The van der Waals surface area contributed by atoms with Crippen molar-refractivity contribution in [2.24, 2.45) is 0 Å². The fourth-order valence-electron chi connectivity index (χ4n) is 1.68. The summed E-state index contributed by atoms with van der Waals surface area (Å²) in [7, 11) is 0. The van der Waals surface area contributed by atoms with E-state index in [4.69, 9.17) is 5.11 Å². The second-order valence-corrected chi connectivity index (χ2v) is 4.15. The van der Waals surface area contributed by atoms with E-state index in [1.54, 1.807) is 0 Å². The van der Waals surface area contributed by atoms with Crippen LogP contribution in [0.4, 0.5) is 11.5 Å². The number of aromatic carboxylic acids is 1. The molecule has 0 unspecified atom stereocenters. The number of nitrogens with one attached hydrogen (secondary N) is 1. The molecule has 1 heterocycles. The van der Waals surface area contributed by atoms with Gasteiger partial charge in [-0.1, -0.05) is 25.1 Å². The summed E-state index contributed by atoms with van der Waals surface area (Å²) in [5.41, 5.74) is 1.97. The molecule has 2 rings (SSSR count). The van der Waals surface area contributed by atoms with Crippen molar-refractivity contribution in [2.45, 2.75) is 20.3 Å². The van der Waals surface area contributed by atoms with E-state index >= 15 is 0 Å². The number of para-hydroxylation sites is 1. The predicted octanol–water partition coefficient (Wildman–Crippen LogP) is 2.79. The van der Waals surface area contributed by atoms with Crippen LogP contribution in [0.2, 0.25) is 0 Å². The van der Waals surface area contributed by atoms with Crippen LogP contribution in [0.15, 0.2) is 30.3 Å². The molecule has 0 aliphatic carbocycles. The van der Waals surface area contributed by atoms with Gasteiger partial charge in [0.2, 0.25) is 0 Å². The zero-order valence-electron chi connectivity index (χ0n) is 10.8. The lowest BCUT2D eigenvalue weighted by Crippen LogP contribution is -2.07. The van der Waals surface area contributed by atoms with Crippen LogP contribution in [0.3, 0.4) is 0 Å². The Kier molecular flexibility index (Phi) is 3.75. The Labute approximate surface area is 111 Å². The lowest BCUT2D eigenvalue weighted by Gasteiger charge is -2.10. The maximum atomic E-state index is 11.0. The van der Waals surface area contributed by atoms with E-state index in [2.05, 4.69) is 15.3 Å². The van der Waals surface area contributed by atoms with Crippen LogP contribution in [-0.2, 0) is 6.42 Å². The van der Waals surface area contributed by atoms with Gasteiger partial charge in [-0.25, -0.2) is 14.8 Å². The van der Waals surface area contributed by atoms with Crippen LogP contribution in [0, 0.1) is 6.92 Å². The molecule has 0 fully saturated rings. The number of nitrogens with zero attached hydrogens (tertiary/aromatic N) is 2.